The van der Waals surface area contributed by atoms with Crippen LogP contribution in [0.4, 0.5) is 24.5 Å². The third-order valence-corrected chi connectivity index (χ3v) is 5.06. The van der Waals surface area contributed by atoms with Crippen LogP contribution in [0.3, 0.4) is 0 Å². The number of anilines is 2. The highest BCUT2D eigenvalue weighted by molar-refractivity contribution is 6.06. The number of benzene rings is 2. The second-order valence-corrected chi connectivity index (χ2v) is 7.44. The van der Waals surface area contributed by atoms with Crippen molar-refractivity contribution in [1.82, 2.24) is 10.2 Å². The van der Waals surface area contributed by atoms with Gasteiger partial charge in [0.1, 0.15) is 0 Å². The standard InChI is InChI=1S/C23H29F3N4O2/c1-5-30(6-2)14-13-27-22(32)19-15-18(11-12-20(19)29(3)4)28-21(31)16-7-9-17(10-8-16)23(24,25)26/h7-12,15H,5-6,13-14H2,1-4H3,(H,27,32)(H,28,31). The number of hydrogen-bond acceptors (Lipinski definition) is 4. The highest BCUT2D eigenvalue weighted by Gasteiger charge is 2.30. The van der Waals surface area contributed by atoms with Gasteiger partial charge in [-0.1, -0.05) is 13.8 Å². The molecule has 6 nitrogen and oxygen atoms in total. The van der Waals surface area contributed by atoms with Crippen molar-refractivity contribution in [2.24, 2.45) is 0 Å². The van der Waals surface area contributed by atoms with Crippen molar-refractivity contribution in [3.05, 3.63) is 59.2 Å². The number of carbonyl (C=O) groups is 2. The maximum atomic E-state index is 12.8. The van der Waals surface area contributed by atoms with Gasteiger partial charge in [-0.15, -0.1) is 0 Å². The predicted molar refractivity (Wildman–Crippen MR) is 120 cm³/mol. The Hall–Kier alpha value is -3.07. The lowest BCUT2D eigenvalue weighted by atomic mass is 10.1. The van der Waals surface area contributed by atoms with Crippen LogP contribution in [0.1, 0.15) is 40.1 Å². The molecule has 0 unspecified atom stereocenters. The van der Waals surface area contributed by atoms with E-state index in [9.17, 15) is 22.8 Å². The van der Waals surface area contributed by atoms with E-state index in [-0.39, 0.29) is 11.5 Å². The molecular formula is C23H29F3N4O2. The highest BCUT2D eigenvalue weighted by Crippen LogP contribution is 2.29. The number of rotatable bonds is 9. The minimum Gasteiger partial charge on any atom is -0.377 e. The molecule has 0 spiro atoms. The van der Waals surface area contributed by atoms with E-state index in [0.717, 1.165) is 43.9 Å². The molecule has 0 saturated heterocycles. The zero-order chi connectivity index (χ0) is 23.9. The van der Waals surface area contributed by atoms with Gasteiger partial charge in [0.05, 0.1) is 11.1 Å². The fourth-order valence-corrected chi connectivity index (χ4v) is 3.16. The van der Waals surface area contributed by atoms with Gasteiger partial charge in [0, 0.05) is 44.1 Å². The number of halogens is 3. The van der Waals surface area contributed by atoms with Crippen molar-refractivity contribution < 1.29 is 22.8 Å². The quantitative estimate of drug-likeness (QED) is 0.604. The molecule has 0 atom stereocenters. The van der Waals surface area contributed by atoms with Gasteiger partial charge in [0.25, 0.3) is 11.8 Å². The average molecular weight is 451 g/mol. The molecule has 0 aliphatic heterocycles. The van der Waals surface area contributed by atoms with Gasteiger partial charge in [-0.2, -0.15) is 13.2 Å². The van der Waals surface area contributed by atoms with Crippen LogP contribution in [-0.4, -0.2) is 57.0 Å². The molecule has 0 bridgehead atoms. The molecule has 2 N–H and O–H groups in total. The number of amides is 2. The van der Waals surface area contributed by atoms with Gasteiger partial charge in [0.2, 0.25) is 0 Å². The maximum Gasteiger partial charge on any atom is 0.416 e. The Morgan fingerprint density at radius 3 is 2.09 bits per heavy atom. The van der Waals surface area contributed by atoms with Crippen molar-refractivity contribution in [1.29, 1.82) is 0 Å². The minimum atomic E-state index is -4.47. The Labute approximate surface area is 186 Å². The van der Waals surface area contributed by atoms with Crippen LogP contribution in [0, 0.1) is 0 Å². The van der Waals surface area contributed by atoms with E-state index in [0.29, 0.717) is 23.5 Å². The first kappa shape index (κ1) is 25.2. The van der Waals surface area contributed by atoms with Gasteiger partial charge in [-0.25, -0.2) is 0 Å². The van der Waals surface area contributed by atoms with E-state index in [1.807, 2.05) is 14.1 Å². The molecule has 0 heterocycles. The molecule has 2 aromatic rings. The molecule has 0 aromatic heterocycles. The molecule has 0 fully saturated rings. The SMILES string of the molecule is CCN(CC)CCNC(=O)c1cc(NC(=O)c2ccc(C(F)(F)F)cc2)ccc1N(C)C. The van der Waals surface area contributed by atoms with Gasteiger partial charge >= 0.3 is 6.18 Å². The predicted octanol–water partition coefficient (Wildman–Crippen LogP) is 4.10. The number of alkyl halides is 3. The van der Waals surface area contributed by atoms with E-state index in [1.54, 1.807) is 23.1 Å². The van der Waals surface area contributed by atoms with Gasteiger partial charge in [0.15, 0.2) is 0 Å². The fourth-order valence-electron chi connectivity index (χ4n) is 3.16. The molecule has 2 rings (SSSR count). The minimum absolute atomic E-state index is 0.0833. The maximum absolute atomic E-state index is 12.8. The topological polar surface area (TPSA) is 64.7 Å². The third-order valence-electron chi connectivity index (χ3n) is 5.06. The number of hydrogen-bond donors (Lipinski definition) is 2. The summed E-state index contributed by atoms with van der Waals surface area (Å²) in [6.45, 7) is 7.09. The smallest absolute Gasteiger partial charge is 0.377 e. The summed E-state index contributed by atoms with van der Waals surface area (Å²) in [7, 11) is 3.62. The Balaban J connectivity index is 2.15. The lowest BCUT2D eigenvalue weighted by Crippen LogP contribution is -2.35. The number of nitrogens with zero attached hydrogens (tertiary/aromatic N) is 2. The molecule has 0 saturated carbocycles. The van der Waals surface area contributed by atoms with Crippen LogP contribution < -0.4 is 15.5 Å². The lowest BCUT2D eigenvalue weighted by molar-refractivity contribution is -0.137. The first-order valence-electron chi connectivity index (χ1n) is 10.4. The van der Waals surface area contributed by atoms with Crippen molar-refractivity contribution in [3.8, 4) is 0 Å². The summed E-state index contributed by atoms with van der Waals surface area (Å²) in [5.41, 5.74) is 0.694. The first-order valence-corrected chi connectivity index (χ1v) is 10.4. The number of likely N-dealkylation sites (N-methyl/N-ethyl adjacent to an activating group) is 1. The second kappa shape index (κ2) is 11.0. The third kappa shape index (κ3) is 6.71. The summed E-state index contributed by atoms with van der Waals surface area (Å²) in [5, 5.41) is 5.54. The van der Waals surface area contributed by atoms with E-state index in [2.05, 4.69) is 29.4 Å². The molecule has 2 aromatic carbocycles. The number of carbonyl (C=O) groups excluding carboxylic acids is 2. The van der Waals surface area contributed by atoms with Gasteiger partial charge < -0.3 is 20.4 Å². The second-order valence-electron chi connectivity index (χ2n) is 7.44. The molecule has 174 valence electrons. The van der Waals surface area contributed by atoms with Crippen LogP contribution in [0.25, 0.3) is 0 Å². The largest absolute Gasteiger partial charge is 0.416 e. The average Bonchev–Trinajstić information content (AvgIpc) is 2.75. The van der Waals surface area contributed by atoms with E-state index < -0.39 is 17.6 Å². The normalized spacial score (nSPS) is 11.4. The molecule has 0 aliphatic carbocycles. The first-order chi connectivity index (χ1) is 15.1. The zero-order valence-corrected chi connectivity index (χ0v) is 18.7. The van der Waals surface area contributed by atoms with Gasteiger partial charge in [-0.3, -0.25) is 9.59 Å². The molecule has 9 heteroatoms. The lowest BCUT2D eigenvalue weighted by Gasteiger charge is -2.20. The van der Waals surface area contributed by atoms with E-state index in [1.165, 1.54) is 0 Å². The summed E-state index contributed by atoms with van der Waals surface area (Å²) in [4.78, 5) is 29.3. The summed E-state index contributed by atoms with van der Waals surface area (Å²) in [6, 6.07) is 8.87. The summed E-state index contributed by atoms with van der Waals surface area (Å²) in [6.07, 6.45) is -4.47. The Bertz CT molecular complexity index is 924. The van der Waals surface area contributed by atoms with Crippen molar-refractivity contribution in [3.63, 3.8) is 0 Å². The summed E-state index contributed by atoms with van der Waals surface area (Å²) < 4.78 is 38.2. The Morgan fingerprint density at radius 2 is 1.56 bits per heavy atom. The molecule has 2 amide bonds. The highest BCUT2D eigenvalue weighted by atomic mass is 19.4. The molecule has 0 aliphatic rings. The van der Waals surface area contributed by atoms with E-state index in [4.69, 9.17) is 0 Å². The van der Waals surface area contributed by atoms with Crippen LogP contribution in [-0.2, 0) is 6.18 Å². The Kier molecular flexibility index (Phi) is 8.65. The molecular weight excluding hydrogens is 421 g/mol. The van der Waals surface area contributed by atoms with Crippen molar-refractivity contribution in [2.75, 3.05) is 50.5 Å². The summed E-state index contributed by atoms with van der Waals surface area (Å²) >= 11 is 0. The van der Waals surface area contributed by atoms with Crippen LogP contribution >= 0.6 is 0 Å². The molecule has 32 heavy (non-hydrogen) atoms. The van der Waals surface area contributed by atoms with Crippen molar-refractivity contribution >= 4 is 23.2 Å². The van der Waals surface area contributed by atoms with Crippen molar-refractivity contribution in [2.45, 2.75) is 20.0 Å². The number of nitrogens with one attached hydrogen (secondary N) is 2. The summed E-state index contributed by atoms with van der Waals surface area (Å²) in [5.74, 6) is -0.837. The van der Waals surface area contributed by atoms with E-state index >= 15 is 0 Å². The molecule has 0 radical (unpaired) electrons. The Morgan fingerprint density at radius 1 is 0.938 bits per heavy atom. The monoisotopic (exact) mass is 450 g/mol. The van der Waals surface area contributed by atoms with Crippen LogP contribution in [0.2, 0.25) is 0 Å². The fraction of sp³-hybridized carbons (Fsp3) is 0.391. The zero-order valence-electron chi connectivity index (χ0n) is 18.7. The van der Waals surface area contributed by atoms with Crippen LogP contribution in [0.15, 0.2) is 42.5 Å². The van der Waals surface area contributed by atoms with Gasteiger partial charge in [-0.05, 0) is 55.6 Å². The van der Waals surface area contributed by atoms with Crippen LogP contribution in [0.5, 0.6) is 0 Å².